The van der Waals surface area contributed by atoms with Crippen LogP contribution < -0.4 is 0 Å². The summed E-state index contributed by atoms with van der Waals surface area (Å²) in [4.78, 5) is 3.35. The van der Waals surface area contributed by atoms with Crippen molar-refractivity contribution >= 4 is 16.5 Å². The number of allylic oxidation sites excluding steroid dienone is 3. The van der Waals surface area contributed by atoms with Gasteiger partial charge in [-0.15, -0.1) is 6.58 Å². The smallest absolute Gasteiger partial charge is 0.0460 e. The summed E-state index contributed by atoms with van der Waals surface area (Å²) in [7, 11) is 0. The number of aromatic amines is 1. The molecule has 0 spiro atoms. The second-order valence-electron chi connectivity index (χ2n) is 4.75. The third-order valence-corrected chi connectivity index (χ3v) is 3.72. The first-order chi connectivity index (χ1) is 8.38. The Kier molecular flexibility index (Phi) is 2.60. The molecule has 1 heteroatoms. The van der Waals surface area contributed by atoms with Gasteiger partial charge in [-0.3, -0.25) is 0 Å². The molecular weight excluding hydrogens is 206 g/mol. The van der Waals surface area contributed by atoms with Crippen molar-refractivity contribution in [3.8, 4) is 0 Å². The highest BCUT2D eigenvalue weighted by Gasteiger charge is 2.14. The largest absolute Gasteiger partial charge is 0.361 e. The van der Waals surface area contributed by atoms with Crippen LogP contribution in [-0.4, -0.2) is 4.98 Å². The summed E-state index contributed by atoms with van der Waals surface area (Å²) in [5, 5.41) is 1.34. The quantitative estimate of drug-likeness (QED) is 0.719. The van der Waals surface area contributed by atoms with Crippen molar-refractivity contribution in [2.24, 2.45) is 5.92 Å². The van der Waals surface area contributed by atoms with Crippen LogP contribution in [0, 0.1) is 5.92 Å². The van der Waals surface area contributed by atoms with Gasteiger partial charge in [-0.05, 0) is 36.8 Å². The number of hydrogen-bond acceptors (Lipinski definition) is 0. The molecule has 3 rings (SSSR count). The van der Waals surface area contributed by atoms with Crippen molar-refractivity contribution in [3.63, 3.8) is 0 Å². The number of hydrogen-bond donors (Lipinski definition) is 1. The van der Waals surface area contributed by atoms with Crippen LogP contribution in [0.4, 0.5) is 0 Å². The van der Waals surface area contributed by atoms with Crippen LogP contribution in [0.1, 0.15) is 24.8 Å². The minimum absolute atomic E-state index is 0.670. The van der Waals surface area contributed by atoms with Gasteiger partial charge in [0.05, 0.1) is 0 Å². The number of benzene rings is 1. The van der Waals surface area contributed by atoms with Gasteiger partial charge in [0.25, 0.3) is 0 Å². The zero-order valence-electron chi connectivity index (χ0n) is 9.95. The molecule has 1 aromatic carbocycles. The summed E-state index contributed by atoms with van der Waals surface area (Å²) < 4.78 is 0. The van der Waals surface area contributed by atoms with Crippen molar-refractivity contribution in [3.05, 3.63) is 54.8 Å². The van der Waals surface area contributed by atoms with E-state index in [-0.39, 0.29) is 0 Å². The summed E-state index contributed by atoms with van der Waals surface area (Å²) in [5.74, 6) is 0.670. The molecule has 0 saturated heterocycles. The first-order valence-corrected chi connectivity index (χ1v) is 6.26. The maximum atomic E-state index is 3.89. The second-order valence-corrected chi connectivity index (χ2v) is 4.75. The molecule has 2 aromatic rings. The molecular formula is C16H17N. The molecule has 1 aliphatic carbocycles. The molecule has 1 atom stereocenters. The van der Waals surface area contributed by atoms with Crippen LogP contribution in [0.3, 0.4) is 0 Å². The third kappa shape index (κ3) is 1.82. The van der Waals surface area contributed by atoms with Crippen molar-refractivity contribution < 1.29 is 0 Å². The Bertz CT molecular complexity index is 574. The molecule has 1 aromatic heterocycles. The van der Waals surface area contributed by atoms with Crippen molar-refractivity contribution in [2.75, 3.05) is 0 Å². The molecule has 0 radical (unpaired) electrons. The first kappa shape index (κ1) is 10.4. The molecule has 1 heterocycles. The van der Waals surface area contributed by atoms with Gasteiger partial charge in [-0.1, -0.05) is 30.4 Å². The van der Waals surface area contributed by atoms with E-state index in [1.807, 2.05) is 0 Å². The van der Waals surface area contributed by atoms with E-state index in [4.69, 9.17) is 0 Å². The molecule has 0 bridgehead atoms. The average molecular weight is 223 g/mol. The van der Waals surface area contributed by atoms with E-state index in [2.05, 4.69) is 54.2 Å². The maximum absolute atomic E-state index is 3.89. The van der Waals surface area contributed by atoms with E-state index < -0.39 is 0 Å². The summed E-state index contributed by atoms with van der Waals surface area (Å²) in [6.07, 6.45) is 10.1. The van der Waals surface area contributed by atoms with Gasteiger partial charge in [0, 0.05) is 22.7 Å². The lowest BCUT2D eigenvalue weighted by atomic mass is 9.86. The zero-order chi connectivity index (χ0) is 11.7. The van der Waals surface area contributed by atoms with Crippen molar-refractivity contribution in [1.82, 2.24) is 4.98 Å². The number of fused-ring (bicyclic) bond motifs is 1. The molecule has 0 fully saturated rings. The van der Waals surface area contributed by atoms with E-state index in [0.29, 0.717) is 5.92 Å². The van der Waals surface area contributed by atoms with Crippen LogP contribution >= 0.6 is 0 Å². The molecule has 1 unspecified atom stereocenters. The Morgan fingerprint density at radius 3 is 2.94 bits per heavy atom. The van der Waals surface area contributed by atoms with Gasteiger partial charge in [0.1, 0.15) is 0 Å². The van der Waals surface area contributed by atoms with Crippen molar-refractivity contribution in [1.29, 1.82) is 0 Å². The summed E-state index contributed by atoms with van der Waals surface area (Å²) in [6.45, 7) is 3.89. The van der Waals surface area contributed by atoms with Gasteiger partial charge >= 0.3 is 0 Å². The number of H-pyrrole nitrogens is 1. The third-order valence-electron chi connectivity index (χ3n) is 3.72. The lowest BCUT2D eigenvalue weighted by molar-refractivity contribution is 0.593. The number of rotatable bonds is 2. The zero-order valence-corrected chi connectivity index (χ0v) is 9.95. The monoisotopic (exact) mass is 223 g/mol. The highest BCUT2D eigenvalue weighted by Crippen LogP contribution is 2.34. The standard InChI is InChI=1S/C16H17N/c1-2-12-7-9-13(10-8-12)15-11-17-16-6-4-3-5-14(15)16/h2-6,9,11-12,17H,1,7-8,10H2. The van der Waals surface area contributed by atoms with E-state index >= 15 is 0 Å². The number of para-hydroxylation sites is 1. The van der Waals surface area contributed by atoms with E-state index in [1.165, 1.54) is 34.9 Å². The number of nitrogens with one attached hydrogen (secondary N) is 1. The van der Waals surface area contributed by atoms with E-state index in [0.717, 1.165) is 6.42 Å². The fourth-order valence-electron chi connectivity index (χ4n) is 2.65. The Morgan fingerprint density at radius 2 is 2.18 bits per heavy atom. The van der Waals surface area contributed by atoms with Crippen LogP contribution in [-0.2, 0) is 0 Å². The Balaban J connectivity index is 1.99. The summed E-state index contributed by atoms with van der Waals surface area (Å²) >= 11 is 0. The van der Waals surface area contributed by atoms with Crippen molar-refractivity contribution in [2.45, 2.75) is 19.3 Å². The molecule has 1 aliphatic rings. The van der Waals surface area contributed by atoms with Gasteiger partial charge in [0.2, 0.25) is 0 Å². The highest BCUT2D eigenvalue weighted by molar-refractivity contribution is 5.92. The molecule has 0 aliphatic heterocycles. The lowest BCUT2D eigenvalue weighted by Crippen LogP contribution is -2.01. The van der Waals surface area contributed by atoms with Gasteiger partial charge in [-0.25, -0.2) is 0 Å². The normalized spacial score (nSPS) is 20.2. The topological polar surface area (TPSA) is 15.8 Å². The Morgan fingerprint density at radius 1 is 1.29 bits per heavy atom. The van der Waals surface area contributed by atoms with E-state index in [9.17, 15) is 0 Å². The Hall–Kier alpha value is -1.76. The average Bonchev–Trinajstić information content (AvgIpc) is 2.83. The van der Waals surface area contributed by atoms with E-state index in [1.54, 1.807) is 0 Å². The van der Waals surface area contributed by atoms with Crippen LogP contribution in [0.2, 0.25) is 0 Å². The predicted octanol–water partition coefficient (Wildman–Crippen LogP) is 4.54. The summed E-state index contributed by atoms with van der Waals surface area (Å²) in [5.41, 5.74) is 4.10. The highest BCUT2D eigenvalue weighted by atomic mass is 14.7. The first-order valence-electron chi connectivity index (χ1n) is 6.26. The molecule has 0 saturated carbocycles. The minimum Gasteiger partial charge on any atom is -0.361 e. The minimum atomic E-state index is 0.670. The fraction of sp³-hybridized carbons (Fsp3) is 0.250. The molecule has 17 heavy (non-hydrogen) atoms. The Labute approximate surface area is 102 Å². The van der Waals surface area contributed by atoms with Crippen LogP contribution in [0.15, 0.2) is 49.2 Å². The van der Waals surface area contributed by atoms with Crippen LogP contribution in [0.25, 0.3) is 16.5 Å². The SMILES string of the molecule is C=CC1CC=C(c2c[nH]c3ccccc23)CC1. The fourth-order valence-corrected chi connectivity index (χ4v) is 2.65. The molecule has 0 amide bonds. The summed E-state index contributed by atoms with van der Waals surface area (Å²) in [6, 6.07) is 8.51. The number of aromatic nitrogens is 1. The van der Waals surface area contributed by atoms with Crippen LogP contribution in [0.5, 0.6) is 0 Å². The van der Waals surface area contributed by atoms with Gasteiger partial charge in [-0.2, -0.15) is 0 Å². The van der Waals surface area contributed by atoms with Gasteiger partial charge < -0.3 is 4.98 Å². The molecule has 86 valence electrons. The van der Waals surface area contributed by atoms with Gasteiger partial charge in [0.15, 0.2) is 0 Å². The predicted molar refractivity (Wildman–Crippen MR) is 73.8 cm³/mol. The maximum Gasteiger partial charge on any atom is 0.0460 e. The second kappa shape index (κ2) is 4.25. The molecule has 1 N–H and O–H groups in total. The molecule has 1 nitrogen and oxygen atoms in total. The lowest BCUT2D eigenvalue weighted by Gasteiger charge is -2.18.